The quantitative estimate of drug-likeness (QED) is 0.479. The Morgan fingerprint density at radius 1 is 1.00 bits per heavy atom. The molecule has 2 aromatic carbocycles. The zero-order chi connectivity index (χ0) is 23.1. The molecule has 1 amide bonds. The number of nitrogens with zero attached hydrogens (tertiary/aromatic N) is 1. The lowest BCUT2D eigenvalue weighted by Gasteiger charge is -2.15. The Hall–Kier alpha value is -3.47. The van der Waals surface area contributed by atoms with Crippen molar-refractivity contribution in [2.45, 2.75) is 53.1 Å². The summed E-state index contributed by atoms with van der Waals surface area (Å²) in [5.41, 5.74) is 11.9. The molecule has 32 heavy (non-hydrogen) atoms. The van der Waals surface area contributed by atoms with Crippen molar-refractivity contribution in [2.75, 3.05) is 0 Å². The third-order valence-corrected chi connectivity index (χ3v) is 5.45. The van der Waals surface area contributed by atoms with E-state index in [0.29, 0.717) is 11.3 Å². The van der Waals surface area contributed by atoms with E-state index in [1.807, 2.05) is 68.4 Å². The second-order valence-corrected chi connectivity index (χ2v) is 8.08. The molecule has 0 unspecified atom stereocenters. The van der Waals surface area contributed by atoms with Gasteiger partial charge in [0.2, 0.25) is 5.91 Å². The Kier molecular flexibility index (Phi) is 7.77. The minimum atomic E-state index is -0.429. The first-order valence-electron chi connectivity index (χ1n) is 11.0. The normalized spacial score (nSPS) is 10.7. The molecule has 3 aromatic rings. The van der Waals surface area contributed by atoms with Gasteiger partial charge in [-0.25, -0.2) is 4.79 Å². The van der Waals surface area contributed by atoms with Crippen LogP contribution in [0.2, 0.25) is 0 Å². The number of esters is 1. The number of unbranched alkanes of at least 4 members (excludes halogenated alkanes) is 1. The van der Waals surface area contributed by atoms with Gasteiger partial charge in [0.1, 0.15) is 6.61 Å². The number of hydrogen-bond acceptors (Lipinski definition) is 4. The van der Waals surface area contributed by atoms with Crippen LogP contribution in [-0.4, -0.2) is 16.9 Å². The summed E-state index contributed by atoms with van der Waals surface area (Å²) in [6, 6.07) is 17.5. The van der Waals surface area contributed by atoms with Crippen LogP contribution in [0, 0.1) is 13.8 Å². The fourth-order valence-electron chi connectivity index (χ4n) is 3.72. The van der Waals surface area contributed by atoms with Gasteiger partial charge in [-0.1, -0.05) is 67.4 Å². The summed E-state index contributed by atoms with van der Waals surface area (Å²) in [5.74, 6) is -0.852. The Morgan fingerprint density at radius 2 is 1.69 bits per heavy atom. The number of amides is 1. The number of hydrogen-bond donors (Lipinski definition) is 1. The lowest BCUT2D eigenvalue weighted by molar-refractivity contribution is -0.117. The summed E-state index contributed by atoms with van der Waals surface area (Å²) < 4.78 is 5.69. The number of aryl methyl sites for hydroxylation is 3. The van der Waals surface area contributed by atoms with Crippen molar-refractivity contribution in [3.8, 4) is 11.1 Å². The predicted molar refractivity (Wildman–Crippen MR) is 126 cm³/mol. The molecule has 3 rings (SSSR count). The number of rotatable bonds is 9. The summed E-state index contributed by atoms with van der Waals surface area (Å²) in [6.45, 7) is 6.10. The van der Waals surface area contributed by atoms with E-state index in [1.54, 1.807) is 0 Å². The average Bonchev–Trinajstić information content (AvgIpc) is 2.76. The van der Waals surface area contributed by atoms with Crippen molar-refractivity contribution in [1.82, 2.24) is 4.98 Å². The number of primary amides is 1. The van der Waals surface area contributed by atoms with Gasteiger partial charge in [0.05, 0.1) is 17.7 Å². The van der Waals surface area contributed by atoms with Gasteiger partial charge in [-0.3, -0.25) is 9.78 Å². The number of ether oxygens (including phenoxy) is 1. The Morgan fingerprint density at radius 3 is 2.34 bits per heavy atom. The van der Waals surface area contributed by atoms with Gasteiger partial charge in [-0.15, -0.1) is 0 Å². The molecule has 0 aliphatic carbocycles. The molecule has 0 radical (unpaired) electrons. The molecular formula is C27H30N2O3. The third-order valence-electron chi connectivity index (χ3n) is 5.45. The molecule has 0 fully saturated rings. The second kappa shape index (κ2) is 10.7. The fraction of sp³-hybridized carbons (Fsp3) is 0.296. The Bertz CT molecular complexity index is 1100. The first-order chi connectivity index (χ1) is 15.4. The molecule has 1 aromatic heterocycles. The minimum Gasteiger partial charge on any atom is -0.457 e. The number of carbonyl (C=O) groups excluding carboxylic acids is 2. The Balaban J connectivity index is 1.93. The molecule has 166 valence electrons. The van der Waals surface area contributed by atoms with Crippen LogP contribution in [-0.2, 0) is 29.0 Å². The topological polar surface area (TPSA) is 82.3 Å². The van der Waals surface area contributed by atoms with E-state index in [-0.39, 0.29) is 13.0 Å². The van der Waals surface area contributed by atoms with E-state index in [1.165, 1.54) is 0 Å². The molecule has 0 aliphatic heterocycles. The number of aromatic nitrogens is 1. The molecule has 0 saturated heterocycles. The lowest BCUT2D eigenvalue weighted by atomic mass is 9.96. The van der Waals surface area contributed by atoms with Crippen molar-refractivity contribution in [3.05, 3.63) is 88.2 Å². The molecular weight excluding hydrogens is 400 g/mol. The third kappa shape index (κ3) is 5.82. The summed E-state index contributed by atoms with van der Waals surface area (Å²) in [5, 5.41) is 0. The monoisotopic (exact) mass is 430 g/mol. The van der Waals surface area contributed by atoms with Crippen LogP contribution < -0.4 is 5.73 Å². The molecule has 1 heterocycles. The zero-order valence-electron chi connectivity index (χ0n) is 19.0. The van der Waals surface area contributed by atoms with Gasteiger partial charge >= 0.3 is 5.97 Å². The van der Waals surface area contributed by atoms with Gasteiger partial charge in [0, 0.05) is 5.69 Å². The number of carbonyl (C=O) groups is 2. The molecule has 0 aliphatic rings. The van der Waals surface area contributed by atoms with Crippen molar-refractivity contribution < 1.29 is 14.3 Å². The number of nitrogens with two attached hydrogens (primary N) is 1. The van der Waals surface area contributed by atoms with Crippen molar-refractivity contribution in [2.24, 2.45) is 5.73 Å². The van der Waals surface area contributed by atoms with Crippen LogP contribution in [0.4, 0.5) is 0 Å². The highest BCUT2D eigenvalue weighted by atomic mass is 16.5. The van der Waals surface area contributed by atoms with Crippen molar-refractivity contribution >= 4 is 11.9 Å². The largest absolute Gasteiger partial charge is 0.457 e. The highest BCUT2D eigenvalue weighted by Gasteiger charge is 2.20. The van der Waals surface area contributed by atoms with E-state index in [4.69, 9.17) is 10.5 Å². The second-order valence-electron chi connectivity index (χ2n) is 8.08. The maximum Gasteiger partial charge on any atom is 0.340 e. The van der Waals surface area contributed by atoms with Crippen LogP contribution in [0.3, 0.4) is 0 Å². The molecule has 5 nitrogen and oxygen atoms in total. The number of pyridine rings is 1. The summed E-state index contributed by atoms with van der Waals surface area (Å²) in [6.07, 6.45) is 3.09. The van der Waals surface area contributed by atoms with Crippen LogP contribution >= 0.6 is 0 Å². The van der Waals surface area contributed by atoms with Gasteiger partial charge < -0.3 is 10.5 Å². The molecule has 0 saturated carbocycles. The van der Waals surface area contributed by atoms with Crippen LogP contribution in [0.1, 0.15) is 58.2 Å². The molecule has 0 bridgehead atoms. The minimum absolute atomic E-state index is 0.0622. The molecule has 5 heteroatoms. The maximum atomic E-state index is 13.2. The fourth-order valence-corrected chi connectivity index (χ4v) is 3.72. The Labute approximate surface area is 189 Å². The molecule has 2 N–H and O–H groups in total. The lowest BCUT2D eigenvalue weighted by Crippen LogP contribution is -2.16. The van der Waals surface area contributed by atoms with Crippen molar-refractivity contribution in [3.63, 3.8) is 0 Å². The van der Waals surface area contributed by atoms with Crippen LogP contribution in [0.25, 0.3) is 11.1 Å². The van der Waals surface area contributed by atoms with Gasteiger partial charge in [0.15, 0.2) is 0 Å². The van der Waals surface area contributed by atoms with Gasteiger partial charge in [0.25, 0.3) is 0 Å². The van der Waals surface area contributed by atoms with Gasteiger partial charge in [-0.2, -0.15) is 0 Å². The van der Waals surface area contributed by atoms with E-state index in [0.717, 1.165) is 52.8 Å². The molecule has 0 atom stereocenters. The highest BCUT2D eigenvalue weighted by molar-refractivity contribution is 5.98. The first-order valence-corrected chi connectivity index (χ1v) is 11.0. The average molecular weight is 431 g/mol. The summed E-state index contributed by atoms with van der Waals surface area (Å²) in [7, 11) is 0. The summed E-state index contributed by atoms with van der Waals surface area (Å²) >= 11 is 0. The van der Waals surface area contributed by atoms with Crippen molar-refractivity contribution in [1.29, 1.82) is 0 Å². The van der Waals surface area contributed by atoms with Crippen LogP contribution in [0.5, 0.6) is 0 Å². The standard InChI is InChI=1S/C27H30N2O3/c1-4-5-10-23-16-24(20-13-11-18(2)12-14-20)26(19(3)29-23)27(31)32-17-22-9-7-6-8-21(22)15-25(28)30/h6-9,11-14,16H,4-5,10,15,17H2,1-3H3,(H2,28,30). The molecule has 0 spiro atoms. The van der Waals surface area contributed by atoms with Crippen LogP contribution in [0.15, 0.2) is 54.6 Å². The maximum absolute atomic E-state index is 13.2. The van der Waals surface area contributed by atoms with E-state index < -0.39 is 11.9 Å². The SMILES string of the molecule is CCCCc1cc(-c2ccc(C)cc2)c(C(=O)OCc2ccccc2CC(N)=O)c(C)n1. The van der Waals surface area contributed by atoms with E-state index in [9.17, 15) is 9.59 Å². The predicted octanol–water partition coefficient (Wildman–Crippen LogP) is 5.09. The highest BCUT2D eigenvalue weighted by Crippen LogP contribution is 2.28. The summed E-state index contributed by atoms with van der Waals surface area (Å²) in [4.78, 5) is 29.3. The number of benzene rings is 2. The smallest absolute Gasteiger partial charge is 0.340 e. The van der Waals surface area contributed by atoms with Gasteiger partial charge in [-0.05, 0) is 55.0 Å². The van der Waals surface area contributed by atoms with E-state index in [2.05, 4.69) is 11.9 Å². The zero-order valence-corrected chi connectivity index (χ0v) is 19.0. The first kappa shape index (κ1) is 23.2. The van der Waals surface area contributed by atoms with E-state index >= 15 is 0 Å².